The standard InChI is InChI=1S/C18H19ClF3N5O/c1-10-15(11(2)24-16(23-10)27-7-3-4-8-27)26-17(28)25-12-5-6-14(19)13(9-12)18(20,21)22/h5-6,9H,3-4,7-8H2,1-2H3,(H2,25,26,28). The SMILES string of the molecule is Cc1nc(N2CCCC2)nc(C)c1NC(=O)Nc1ccc(Cl)c(C(F)(F)F)c1. The number of carbonyl (C=O) groups excluding carboxylic acids is 1. The van der Waals surface area contributed by atoms with Gasteiger partial charge in [0.2, 0.25) is 5.95 Å². The number of anilines is 3. The molecule has 0 spiro atoms. The van der Waals surface area contributed by atoms with Gasteiger partial charge in [-0.3, -0.25) is 0 Å². The highest BCUT2D eigenvalue weighted by molar-refractivity contribution is 6.31. The molecule has 1 fully saturated rings. The van der Waals surface area contributed by atoms with Crippen molar-refractivity contribution in [2.24, 2.45) is 0 Å². The molecule has 0 aliphatic carbocycles. The van der Waals surface area contributed by atoms with Crippen molar-refractivity contribution in [1.82, 2.24) is 9.97 Å². The Hall–Kier alpha value is -2.55. The fraction of sp³-hybridized carbons (Fsp3) is 0.389. The third-order valence-electron chi connectivity index (χ3n) is 4.42. The van der Waals surface area contributed by atoms with Gasteiger partial charge in [-0.2, -0.15) is 13.2 Å². The van der Waals surface area contributed by atoms with E-state index in [4.69, 9.17) is 11.6 Å². The summed E-state index contributed by atoms with van der Waals surface area (Å²) in [7, 11) is 0. The van der Waals surface area contributed by atoms with Crippen molar-refractivity contribution >= 4 is 35.0 Å². The largest absolute Gasteiger partial charge is 0.417 e. The van der Waals surface area contributed by atoms with Gasteiger partial charge in [0.05, 0.1) is 27.7 Å². The van der Waals surface area contributed by atoms with Gasteiger partial charge in [-0.25, -0.2) is 14.8 Å². The van der Waals surface area contributed by atoms with Gasteiger partial charge in [0.15, 0.2) is 0 Å². The zero-order valence-electron chi connectivity index (χ0n) is 15.3. The molecular weight excluding hydrogens is 395 g/mol. The van der Waals surface area contributed by atoms with Gasteiger partial charge in [0.1, 0.15) is 0 Å². The summed E-state index contributed by atoms with van der Waals surface area (Å²) in [4.78, 5) is 23.2. The molecule has 150 valence electrons. The second kappa shape index (κ2) is 7.83. The first-order valence-electron chi connectivity index (χ1n) is 8.70. The van der Waals surface area contributed by atoms with Crippen LogP contribution in [0.2, 0.25) is 5.02 Å². The molecule has 28 heavy (non-hydrogen) atoms. The van der Waals surface area contributed by atoms with Crippen LogP contribution in [-0.2, 0) is 6.18 Å². The number of nitrogens with one attached hydrogen (secondary N) is 2. The van der Waals surface area contributed by atoms with Crippen LogP contribution in [0.15, 0.2) is 18.2 Å². The first kappa shape index (κ1) is 20.2. The molecule has 6 nitrogen and oxygen atoms in total. The number of hydrogen-bond acceptors (Lipinski definition) is 4. The van der Waals surface area contributed by atoms with Gasteiger partial charge in [-0.1, -0.05) is 11.6 Å². The highest BCUT2D eigenvalue weighted by atomic mass is 35.5. The van der Waals surface area contributed by atoms with E-state index in [-0.39, 0.29) is 5.69 Å². The molecule has 1 aliphatic rings. The maximum atomic E-state index is 13.0. The second-order valence-electron chi connectivity index (χ2n) is 6.54. The van der Waals surface area contributed by atoms with E-state index in [1.54, 1.807) is 13.8 Å². The van der Waals surface area contributed by atoms with Gasteiger partial charge in [0, 0.05) is 18.8 Å². The molecule has 0 saturated carbocycles. The predicted octanol–water partition coefficient (Wildman–Crippen LogP) is 5.01. The first-order valence-corrected chi connectivity index (χ1v) is 9.08. The molecule has 0 atom stereocenters. The van der Waals surface area contributed by atoms with Gasteiger partial charge in [-0.05, 0) is 44.9 Å². The number of urea groups is 1. The Morgan fingerprint density at radius 3 is 2.29 bits per heavy atom. The summed E-state index contributed by atoms with van der Waals surface area (Å²) in [6.07, 6.45) is -2.44. The van der Waals surface area contributed by atoms with Crippen LogP contribution in [0, 0.1) is 13.8 Å². The lowest BCUT2D eigenvalue weighted by Crippen LogP contribution is -2.24. The molecule has 1 aliphatic heterocycles. The molecule has 0 radical (unpaired) electrons. The van der Waals surface area contributed by atoms with Crippen molar-refractivity contribution in [1.29, 1.82) is 0 Å². The Morgan fingerprint density at radius 2 is 1.71 bits per heavy atom. The van der Waals surface area contributed by atoms with E-state index in [9.17, 15) is 18.0 Å². The monoisotopic (exact) mass is 413 g/mol. The molecule has 1 saturated heterocycles. The highest BCUT2D eigenvalue weighted by Crippen LogP contribution is 2.36. The van der Waals surface area contributed by atoms with Crippen LogP contribution in [0.5, 0.6) is 0 Å². The lowest BCUT2D eigenvalue weighted by atomic mass is 10.2. The predicted molar refractivity (Wildman–Crippen MR) is 102 cm³/mol. The summed E-state index contributed by atoms with van der Waals surface area (Å²) in [5, 5.41) is 4.56. The van der Waals surface area contributed by atoms with Crippen LogP contribution in [0.3, 0.4) is 0 Å². The number of carbonyl (C=O) groups is 1. The summed E-state index contributed by atoms with van der Waals surface area (Å²) in [5.74, 6) is 0.617. The highest BCUT2D eigenvalue weighted by Gasteiger charge is 2.33. The van der Waals surface area contributed by atoms with Crippen LogP contribution < -0.4 is 15.5 Å². The smallest absolute Gasteiger partial charge is 0.341 e. The molecule has 2 heterocycles. The molecule has 2 amide bonds. The van der Waals surface area contributed by atoms with Crippen LogP contribution in [-0.4, -0.2) is 29.1 Å². The Balaban J connectivity index is 1.75. The van der Waals surface area contributed by atoms with E-state index >= 15 is 0 Å². The van der Waals surface area contributed by atoms with E-state index < -0.39 is 22.8 Å². The summed E-state index contributed by atoms with van der Waals surface area (Å²) in [5.41, 5.74) is 0.537. The average molecular weight is 414 g/mol. The number of amides is 2. The van der Waals surface area contributed by atoms with Crippen molar-refractivity contribution in [3.63, 3.8) is 0 Å². The summed E-state index contributed by atoms with van der Waals surface area (Å²) in [6.45, 7) is 5.27. The van der Waals surface area contributed by atoms with E-state index in [0.717, 1.165) is 38.1 Å². The fourth-order valence-electron chi connectivity index (χ4n) is 3.03. The average Bonchev–Trinajstić information content (AvgIpc) is 3.13. The van der Waals surface area contributed by atoms with Crippen LogP contribution in [0.4, 0.5) is 35.3 Å². The molecule has 0 unspecified atom stereocenters. The van der Waals surface area contributed by atoms with Crippen molar-refractivity contribution in [2.45, 2.75) is 32.9 Å². The fourth-order valence-corrected chi connectivity index (χ4v) is 3.26. The van der Waals surface area contributed by atoms with E-state index in [1.165, 1.54) is 6.07 Å². The Morgan fingerprint density at radius 1 is 1.11 bits per heavy atom. The molecule has 2 aromatic rings. The molecule has 10 heteroatoms. The third kappa shape index (κ3) is 4.46. The Kier molecular flexibility index (Phi) is 5.64. The molecule has 2 N–H and O–H groups in total. The second-order valence-corrected chi connectivity index (χ2v) is 6.94. The first-order chi connectivity index (χ1) is 13.1. The van der Waals surface area contributed by atoms with E-state index in [1.807, 2.05) is 0 Å². The number of halogens is 4. The summed E-state index contributed by atoms with van der Waals surface area (Å²) in [6, 6.07) is 2.47. The normalized spacial score (nSPS) is 14.3. The Labute approximate surface area is 165 Å². The van der Waals surface area contributed by atoms with Crippen LogP contribution in [0.25, 0.3) is 0 Å². The number of alkyl halides is 3. The number of rotatable bonds is 3. The maximum Gasteiger partial charge on any atom is 0.417 e. The summed E-state index contributed by atoms with van der Waals surface area (Å²) < 4.78 is 38.9. The van der Waals surface area contributed by atoms with E-state index in [0.29, 0.717) is 23.0 Å². The molecule has 0 bridgehead atoms. The number of aryl methyl sites for hydroxylation is 2. The third-order valence-corrected chi connectivity index (χ3v) is 4.75. The zero-order chi connectivity index (χ0) is 20.5. The molecular formula is C18H19ClF3N5O. The molecule has 3 rings (SSSR count). The van der Waals surface area contributed by atoms with E-state index in [2.05, 4.69) is 25.5 Å². The zero-order valence-corrected chi connectivity index (χ0v) is 16.1. The van der Waals surface area contributed by atoms with Gasteiger partial charge < -0.3 is 15.5 Å². The van der Waals surface area contributed by atoms with Crippen LogP contribution >= 0.6 is 11.6 Å². The maximum absolute atomic E-state index is 13.0. The molecule has 1 aromatic carbocycles. The lowest BCUT2D eigenvalue weighted by Gasteiger charge is -2.18. The number of hydrogen-bond donors (Lipinski definition) is 2. The topological polar surface area (TPSA) is 70.2 Å². The minimum Gasteiger partial charge on any atom is -0.341 e. The number of aromatic nitrogens is 2. The van der Waals surface area contributed by atoms with Crippen LogP contribution in [0.1, 0.15) is 29.8 Å². The van der Waals surface area contributed by atoms with Gasteiger partial charge in [-0.15, -0.1) is 0 Å². The van der Waals surface area contributed by atoms with Gasteiger partial charge in [0.25, 0.3) is 0 Å². The minimum absolute atomic E-state index is 0.0286. The van der Waals surface area contributed by atoms with Crippen molar-refractivity contribution in [3.8, 4) is 0 Å². The van der Waals surface area contributed by atoms with Crippen molar-refractivity contribution in [3.05, 3.63) is 40.2 Å². The Bertz CT molecular complexity index is 874. The number of benzene rings is 1. The summed E-state index contributed by atoms with van der Waals surface area (Å²) >= 11 is 5.59. The van der Waals surface area contributed by atoms with Gasteiger partial charge >= 0.3 is 12.2 Å². The molecule has 1 aromatic heterocycles. The quantitative estimate of drug-likeness (QED) is 0.742. The minimum atomic E-state index is -4.61. The van der Waals surface area contributed by atoms with Crippen molar-refractivity contribution < 1.29 is 18.0 Å². The number of nitrogens with zero attached hydrogens (tertiary/aromatic N) is 3. The van der Waals surface area contributed by atoms with Crippen molar-refractivity contribution in [2.75, 3.05) is 28.6 Å². The lowest BCUT2D eigenvalue weighted by molar-refractivity contribution is -0.137.